The van der Waals surface area contributed by atoms with Crippen LogP contribution in [0.25, 0.3) is 0 Å². The van der Waals surface area contributed by atoms with Gasteiger partial charge < -0.3 is 10.1 Å². The second-order valence-electron chi connectivity index (χ2n) is 7.89. The van der Waals surface area contributed by atoms with Crippen LogP contribution in [-0.2, 0) is 6.42 Å². The standard InChI is InChI=1S/C24H26N2O4/c1-30-19-10-7-16(8-11-19)13-14-25-22(27)17-9-12-20-21(15-17)24(29)26(23(20)28)18-5-3-2-4-6-18/h7-12,15,18H,2-6,13-14H2,1H3,(H,25,27). The number of benzene rings is 2. The maximum Gasteiger partial charge on any atom is 0.261 e. The molecule has 1 heterocycles. The average molecular weight is 406 g/mol. The van der Waals surface area contributed by atoms with Gasteiger partial charge in [-0.25, -0.2) is 0 Å². The minimum Gasteiger partial charge on any atom is -0.497 e. The summed E-state index contributed by atoms with van der Waals surface area (Å²) < 4.78 is 5.14. The van der Waals surface area contributed by atoms with E-state index in [2.05, 4.69) is 5.32 Å². The van der Waals surface area contributed by atoms with Crippen LogP contribution in [0.4, 0.5) is 0 Å². The number of carbonyl (C=O) groups excluding carboxylic acids is 3. The lowest BCUT2D eigenvalue weighted by Gasteiger charge is -2.29. The molecule has 0 unspecified atom stereocenters. The Bertz CT molecular complexity index is 962. The average Bonchev–Trinajstić information content (AvgIpc) is 3.04. The van der Waals surface area contributed by atoms with Crippen molar-refractivity contribution in [3.8, 4) is 5.75 Å². The SMILES string of the molecule is COc1ccc(CCNC(=O)c2ccc3c(c2)C(=O)N(C2CCCCC2)C3=O)cc1. The van der Waals surface area contributed by atoms with Crippen molar-refractivity contribution < 1.29 is 19.1 Å². The van der Waals surface area contributed by atoms with Gasteiger partial charge in [-0.15, -0.1) is 0 Å². The first kappa shape index (κ1) is 20.1. The molecule has 1 fully saturated rings. The summed E-state index contributed by atoms with van der Waals surface area (Å²) >= 11 is 0. The molecule has 2 aromatic rings. The van der Waals surface area contributed by atoms with Crippen molar-refractivity contribution in [1.82, 2.24) is 10.2 Å². The van der Waals surface area contributed by atoms with Gasteiger partial charge in [0.15, 0.2) is 0 Å². The van der Waals surface area contributed by atoms with Crippen LogP contribution in [-0.4, -0.2) is 42.3 Å². The summed E-state index contributed by atoms with van der Waals surface area (Å²) in [4.78, 5) is 39.6. The molecule has 0 aromatic heterocycles. The first-order valence-corrected chi connectivity index (χ1v) is 10.5. The van der Waals surface area contributed by atoms with Crippen LogP contribution < -0.4 is 10.1 Å². The Morgan fingerprint density at radius 3 is 2.40 bits per heavy atom. The predicted octanol–water partition coefficient (Wildman–Crippen LogP) is 3.60. The second-order valence-corrected chi connectivity index (χ2v) is 7.89. The molecular weight excluding hydrogens is 380 g/mol. The summed E-state index contributed by atoms with van der Waals surface area (Å²) in [5.74, 6) is 0.0493. The topological polar surface area (TPSA) is 75.7 Å². The molecule has 3 amide bonds. The molecule has 1 N–H and O–H groups in total. The fraction of sp³-hybridized carbons (Fsp3) is 0.375. The van der Waals surface area contributed by atoms with Crippen molar-refractivity contribution in [1.29, 1.82) is 0 Å². The summed E-state index contributed by atoms with van der Waals surface area (Å²) in [7, 11) is 1.62. The zero-order valence-corrected chi connectivity index (χ0v) is 17.1. The molecule has 1 aliphatic heterocycles. The number of fused-ring (bicyclic) bond motifs is 1. The molecule has 30 heavy (non-hydrogen) atoms. The highest BCUT2D eigenvalue weighted by atomic mass is 16.5. The third kappa shape index (κ3) is 3.95. The Labute approximate surface area is 176 Å². The third-order valence-corrected chi connectivity index (χ3v) is 5.98. The molecule has 6 heteroatoms. The molecule has 0 atom stereocenters. The van der Waals surface area contributed by atoms with Gasteiger partial charge in [-0.2, -0.15) is 0 Å². The van der Waals surface area contributed by atoms with E-state index < -0.39 is 0 Å². The van der Waals surface area contributed by atoms with E-state index in [0.29, 0.717) is 29.7 Å². The first-order chi connectivity index (χ1) is 14.6. The van der Waals surface area contributed by atoms with E-state index in [9.17, 15) is 14.4 Å². The van der Waals surface area contributed by atoms with Crippen LogP contribution in [0.15, 0.2) is 42.5 Å². The van der Waals surface area contributed by atoms with Crippen LogP contribution in [0.1, 0.15) is 68.7 Å². The number of ether oxygens (including phenoxy) is 1. The molecule has 0 spiro atoms. The molecule has 1 aliphatic carbocycles. The fourth-order valence-electron chi connectivity index (χ4n) is 4.29. The molecule has 2 aliphatic rings. The summed E-state index contributed by atoms with van der Waals surface area (Å²) in [6.07, 6.45) is 5.66. The van der Waals surface area contributed by atoms with E-state index in [1.165, 1.54) is 4.90 Å². The smallest absolute Gasteiger partial charge is 0.261 e. The van der Waals surface area contributed by atoms with Crippen LogP contribution in [0, 0.1) is 0 Å². The Kier molecular flexibility index (Phi) is 5.84. The lowest BCUT2D eigenvalue weighted by molar-refractivity contribution is 0.0548. The molecule has 6 nitrogen and oxygen atoms in total. The zero-order valence-electron chi connectivity index (χ0n) is 17.1. The quantitative estimate of drug-likeness (QED) is 0.744. The number of hydrogen-bond acceptors (Lipinski definition) is 4. The van der Waals surface area contributed by atoms with Crippen molar-refractivity contribution in [3.63, 3.8) is 0 Å². The van der Waals surface area contributed by atoms with E-state index in [0.717, 1.165) is 43.4 Å². The van der Waals surface area contributed by atoms with Gasteiger partial charge in [-0.05, 0) is 55.2 Å². The number of nitrogens with one attached hydrogen (secondary N) is 1. The van der Waals surface area contributed by atoms with Gasteiger partial charge in [-0.1, -0.05) is 31.4 Å². The molecule has 4 rings (SSSR count). The van der Waals surface area contributed by atoms with Crippen LogP contribution in [0.5, 0.6) is 5.75 Å². The van der Waals surface area contributed by atoms with Crippen LogP contribution >= 0.6 is 0 Å². The first-order valence-electron chi connectivity index (χ1n) is 10.5. The number of carbonyl (C=O) groups is 3. The fourth-order valence-corrected chi connectivity index (χ4v) is 4.29. The monoisotopic (exact) mass is 406 g/mol. The van der Waals surface area contributed by atoms with Gasteiger partial charge in [-0.3, -0.25) is 19.3 Å². The largest absolute Gasteiger partial charge is 0.497 e. The van der Waals surface area contributed by atoms with Gasteiger partial charge in [0, 0.05) is 18.2 Å². The van der Waals surface area contributed by atoms with Gasteiger partial charge in [0.1, 0.15) is 5.75 Å². The summed E-state index contributed by atoms with van der Waals surface area (Å²) in [6, 6.07) is 12.5. The predicted molar refractivity (Wildman–Crippen MR) is 113 cm³/mol. The highest BCUT2D eigenvalue weighted by Gasteiger charge is 2.40. The summed E-state index contributed by atoms with van der Waals surface area (Å²) in [5, 5.41) is 2.89. The molecule has 1 saturated carbocycles. The van der Waals surface area contributed by atoms with Crippen molar-refractivity contribution in [2.45, 2.75) is 44.6 Å². The Morgan fingerprint density at radius 2 is 1.70 bits per heavy atom. The Hall–Kier alpha value is -3.15. The van der Waals surface area contributed by atoms with E-state index in [-0.39, 0.29) is 23.8 Å². The van der Waals surface area contributed by atoms with Gasteiger partial charge in [0.05, 0.1) is 18.2 Å². The molecule has 0 bridgehead atoms. The summed E-state index contributed by atoms with van der Waals surface area (Å²) in [5.41, 5.74) is 2.23. The molecule has 0 radical (unpaired) electrons. The van der Waals surface area contributed by atoms with Crippen molar-refractivity contribution in [3.05, 3.63) is 64.7 Å². The van der Waals surface area contributed by atoms with Crippen molar-refractivity contribution in [2.75, 3.05) is 13.7 Å². The lowest BCUT2D eigenvalue weighted by Crippen LogP contribution is -2.40. The highest BCUT2D eigenvalue weighted by Crippen LogP contribution is 2.31. The minimum absolute atomic E-state index is 0.0204. The minimum atomic E-state index is -0.269. The molecular formula is C24H26N2O4. The zero-order chi connectivity index (χ0) is 21.1. The van der Waals surface area contributed by atoms with Gasteiger partial charge in [0.25, 0.3) is 17.7 Å². The maximum absolute atomic E-state index is 12.9. The Balaban J connectivity index is 1.40. The number of rotatable bonds is 6. The molecule has 156 valence electrons. The van der Waals surface area contributed by atoms with E-state index in [4.69, 9.17) is 4.74 Å². The number of methoxy groups -OCH3 is 1. The van der Waals surface area contributed by atoms with Crippen LogP contribution in [0.2, 0.25) is 0 Å². The van der Waals surface area contributed by atoms with Crippen molar-refractivity contribution >= 4 is 17.7 Å². The van der Waals surface area contributed by atoms with Crippen molar-refractivity contribution in [2.24, 2.45) is 0 Å². The number of amides is 3. The second kappa shape index (κ2) is 8.69. The van der Waals surface area contributed by atoms with Crippen LogP contribution in [0.3, 0.4) is 0 Å². The number of nitrogens with zero attached hydrogens (tertiary/aromatic N) is 1. The highest BCUT2D eigenvalue weighted by molar-refractivity contribution is 6.22. The number of hydrogen-bond donors (Lipinski definition) is 1. The number of imide groups is 1. The molecule has 2 aromatic carbocycles. The summed E-state index contributed by atoms with van der Waals surface area (Å²) in [6.45, 7) is 0.476. The van der Waals surface area contributed by atoms with E-state index in [1.807, 2.05) is 24.3 Å². The molecule has 0 saturated heterocycles. The van der Waals surface area contributed by atoms with E-state index >= 15 is 0 Å². The lowest BCUT2D eigenvalue weighted by atomic mass is 9.94. The maximum atomic E-state index is 12.9. The Morgan fingerprint density at radius 1 is 1.00 bits per heavy atom. The normalized spacial score (nSPS) is 16.5. The van der Waals surface area contributed by atoms with Gasteiger partial charge >= 0.3 is 0 Å². The third-order valence-electron chi connectivity index (χ3n) is 5.98. The van der Waals surface area contributed by atoms with Gasteiger partial charge in [0.2, 0.25) is 0 Å². The van der Waals surface area contributed by atoms with E-state index in [1.54, 1.807) is 25.3 Å².